The number of para-hydroxylation sites is 1. The number of hydrogen-bond donors (Lipinski definition) is 2. The normalized spacial score (nSPS) is 15.2. The summed E-state index contributed by atoms with van der Waals surface area (Å²) in [6, 6.07) is 8.24. The monoisotopic (exact) mass is 372 g/mol. The molecule has 140 valence electrons. The first-order valence-electron chi connectivity index (χ1n) is 9.42. The highest BCUT2D eigenvalue weighted by Crippen LogP contribution is 2.27. The highest BCUT2D eigenvalue weighted by atomic mass is 32.1. The molecule has 5 nitrogen and oxygen atoms in total. The van der Waals surface area contributed by atoms with Crippen LogP contribution in [0.2, 0.25) is 0 Å². The summed E-state index contributed by atoms with van der Waals surface area (Å²) in [6.07, 6.45) is 7.14. The van der Waals surface area contributed by atoms with Crippen LogP contribution in [0.5, 0.6) is 5.75 Å². The molecule has 1 aliphatic carbocycles. The molecule has 1 aromatic carbocycles. The third-order valence-electron chi connectivity index (χ3n) is 4.40. The van der Waals surface area contributed by atoms with Gasteiger partial charge in [-0.05, 0) is 45.6 Å². The Morgan fingerprint density at radius 3 is 2.81 bits per heavy atom. The number of aromatic nitrogens is 1. The zero-order valence-electron chi connectivity index (χ0n) is 15.6. The summed E-state index contributed by atoms with van der Waals surface area (Å²) in [6.45, 7) is 6.24. The SMILES string of the molecule is CCNC(=NCc1ccccc1OC1CCCC1)NCc1ncc(C)s1. The molecule has 0 bridgehead atoms. The zero-order valence-corrected chi connectivity index (χ0v) is 16.4. The van der Waals surface area contributed by atoms with E-state index in [2.05, 4.69) is 41.6 Å². The van der Waals surface area contributed by atoms with Gasteiger partial charge in [0.1, 0.15) is 10.8 Å². The smallest absolute Gasteiger partial charge is 0.191 e. The molecule has 0 unspecified atom stereocenters. The fourth-order valence-electron chi connectivity index (χ4n) is 3.08. The number of nitrogens with one attached hydrogen (secondary N) is 2. The van der Waals surface area contributed by atoms with E-state index in [1.165, 1.54) is 17.7 Å². The topological polar surface area (TPSA) is 58.5 Å². The van der Waals surface area contributed by atoms with Crippen molar-refractivity contribution in [1.82, 2.24) is 15.6 Å². The van der Waals surface area contributed by atoms with Crippen LogP contribution in [0.3, 0.4) is 0 Å². The minimum Gasteiger partial charge on any atom is -0.490 e. The van der Waals surface area contributed by atoms with Gasteiger partial charge in [-0.25, -0.2) is 9.98 Å². The van der Waals surface area contributed by atoms with E-state index in [1.807, 2.05) is 18.3 Å². The van der Waals surface area contributed by atoms with Crippen molar-refractivity contribution >= 4 is 17.3 Å². The van der Waals surface area contributed by atoms with Crippen LogP contribution < -0.4 is 15.4 Å². The Morgan fingerprint density at radius 1 is 1.27 bits per heavy atom. The van der Waals surface area contributed by atoms with Gasteiger partial charge in [0.25, 0.3) is 0 Å². The van der Waals surface area contributed by atoms with Gasteiger partial charge in [0.05, 0.1) is 19.2 Å². The average molecular weight is 373 g/mol. The summed E-state index contributed by atoms with van der Waals surface area (Å²) in [4.78, 5) is 10.3. The molecule has 1 fully saturated rings. The van der Waals surface area contributed by atoms with Crippen LogP contribution in [0, 0.1) is 6.92 Å². The zero-order chi connectivity index (χ0) is 18.2. The molecule has 6 heteroatoms. The molecule has 1 saturated carbocycles. The predicted molar refractivity (Wildman–Crippen MR) is 108 cm³/mol. The maximum Gasteiger partial charge on any atom is 0.191 e. The van der Waals surface area contributed by atoms with Gasteiger partial charge in [-0.3, -0.25) is 0 Å². The standard InChI is InChI=1S/C20H28N4OS/c1-3-21-20(24-14-19-22-12-15(2)26-19)23-13-16-8-4-7-11-18(16)25-17-9-5-6-10-17/h4,7-8,11-12,17H,3,5-6,9-10,13-14H2,1-2H3,(H2,21,23,24). The second-order valence-electron chi connectivity index (χ2n) is 6.55. The Balaban J connectivity index is 1.63. The number of nitrogens with zero attached hydrogens (tertiary/aromatic N) is 2. The summed E-state index contributed by atoms with van der Waals surface area (Å²) in [7, 11) is 0. The second kappa shape index (κ2) is 9.57. The summed E-state index contributed by atoms with van der Waals surface area (Å²) in [5.41, 5.74) is 1.13. The summed E-state index contributed by atoms with van der Waals surface area (Å²) in [5.74, 6) is 1.77. The third-order valence-corrected chi connectivity index (χ3v) is 5.31. The number of benzene rings is 1. The molecule has 1 aromatic heterocycles. The van der Waals surface area contributed by atoms with E-state index in [9.17, 15) is 0 Å². The minimum atomic E-state index is 0.361. The van der Waals surface area contributed by atoms with Crippen molar-refractivity contribution in [2.24, 2.45) is 4.99 Å². The Hall–Kier alpha value is -2.08. The van der Waals surface area contributed by atoms with Crippen LogP contribution >= 0.6 is 11.3 Å². The van der Waals surface area contributed by atoms with Gasteiger partial charge in [0, 0.05) is 23.2 Å². The molecule has 2 aromatic rings. The van der Waals surface area contributed by atoms with Crippen molar-refractivity contribution < 1.29 is 4.74 Å². The number of hydrogen-bond acceptors (Lipinski definition) is 4. The van der Waals surface area contributed by atoms with Crippen LogP contribution in [0.1, 0.15) is 48.1 Å². The van der Waals surface area contributed by atoms with Crippen LogP contribution in [0.4, 0.5) is 0 Å². The van der Waals surface area contributed by atoms with E-state index in [4.69, 9.17) is 9.73 Å². The second-order valence-corrected chi connectivity index (χ2v) is 7.86. The van der Waals surface area contributed by atoms with E-state index in [0.29, 0.717) is 19.2 Å². The van der Waals surface area contributed by atoms with E-state index < -0.39 is 0 Å². The van der Waals surface area contributed by atoms with Gasteiger partial charge in [0.15, 0.2) is 5.96 Å². The lowest BCUT2D eigenvalue weighted by Crippen LogP contribution is -2.36. The van der Waals surface area contributed by atoms with Crippen molar-refractivity contribution in [3.63, 3.8) is 0 Å². The highest BCUT2D eigenvalue weighted by molar-refractivity contribution is 7.11. The van der Waals surface area contributed by atoms with E-state index >= 15 is 0 Å². The third kappa shape index (κ3) is 5.46. The van der Waals surface area contributed by atoms with Gasteiger partial charge in [-0.1, -0.05) is 18.2 Å². The van der Waals surface area contributed by atoms with E-state index in [0.717, 1.165) is 41.7 Å². The molecule has 0 spiro atoms. The van der Waals surface area contributed by atoms with Crippen molar-refractivity contribution in [2.45, 2.75) is 58.7 Å². The summed E-state index contributed by atoms with van der Waals surface area (Å²) in [5, 5.41) is 7.72. The molecular formula is C20H28N4OS. The van der Waals surface area contributed by atoms with Gasteiger partial charge in [-0.15, -0.1) is 11.3 Å². The van der Waals surface area contributed by atoms with Gasteiger partial charge >= 0.3 is 0 Å². The fraction of sp³-hybridized carbons (Fsp3) is 0.500. The predicted octanol–water partition coefficient (Wildman–Crippen LogP) is 4.03. The minimum absolute atomic E-state index is 0.361. The van der Waals surface area contributed by atoms with Gasteiger partial charge in [0.2, 0.25) is 0 Å². The average Bonchev–Trinajstić information content (AvgIpc) is 3.30. The van der Waals surface area contributed by atoms with Crippen LogP contribution in [0.25, 0.3) is 0 Å². The lowest BCUT2D eigenvalue weighted by molar-refractivity contribution is 0.208. The lowest BCUT2D eigenvalue weighted by Gasteiger charge is -2.16. The first-order valence-corrected chi connectivity index (χ1v) is 10.2. The molecule has 0 atom stereocenters. The Morgan fingerprint density at radius 2 is 2.08 bits per heavy atom. The maximum atomic E-state index is 6.21. The van der Waals surface area contributed by atoms with Gasteiger partial charge < -0.3 is 15.4 Å². The number of aliphatic imine (C=N–C) groups is 1. The molecule has 1 heterocycles. The molecule has 0 aliphatic heterocycles. The van der Waals surface area contributed by atoms with Crippen molar-refractivity contribution in [1.29, 1.82) is 0 Å². The van der Waals surface area contributed by atoms with Crippen molar-refractivity contribution in [2.75, 3.05) is 6.54 Å². The number of thiazole rings is 1. The van der Waals surface area contributed by atoms with Crippen LogP contribution in [-0.4, -0.2) is 23.6 Å². The molecule has 0 saturated heterocycles. The first-order chi connectivity index (χ1) is 12.7. The van der Waals surface area contributed by atoms with Crippen LogP contribution in [0.15, 0.2) is 35.5 Å². The van der Waals surface area contributed by atoms with Crippen molar-refractivity contribution in [3.8, 4) is 5.75 Å². The Kier molecular flexibility index (Phi) is 6.89. The first kappa shape index (κ1) is 18.7. The number of aryl methyl sites for hydroxylation is 1. The number of ether oxygens (including phenoxy) is 1. The molecule has 26 heavy (non-hydrogen) atoms. The van der Waals surface area contributed by atoms with E-state index in [1.54, 1.807) is 11.3 Å². The van der Waals surface area contributed by atoms with E-state index in [-0.39, 0.29) is 0 Å². The number of rotatable bonds is 7. The molecule has 1 aliphatic rings. The Bertz CT molecular complexity index is 722. The fourth-order valence-corrected chi connectivity index (χ4v) is 3.81. The summed E-state index contributed by atoms with van der Waals surface area (Å²) >= 11 is 1.71. The van der Waals surface area contributed by atoms with Crippen LogP contribution in [-0.2, 0) is 13.1 Å². The van der Waals surface area contributed by atoms with Gasteiger partial charge in [-0.2, -0.15) is 0 Å². The molecular weight excluding hydrogens is 344 g/mol. The Labute approximate surface area is 159 Å². The highest BCUT2D eigenvalue weighted by Gasteiger charge is 2.17. The largest absolute Gasteiger partial charge is 0.490 e. The maximum absolute atomic E-state index is 6.21. The number of guanidine groups is 1. The summed E-state index contributed by atoms with van der Waals surface area (Å²) < 4.78 is 6.21. The van der Waals surface area contributed by atoms with Crippen molar-refractivity contribution in [3.05, 3.63) is 45.9 Å². The molecule has 0 amide bonds. The quantitative estimate of drug-likeness (QED) is 0.569. The lowest BCUT2D eigenvalue weighted by atomic mass is 10.2. The molecule has 3 rings (SSSR count). The molecule has 0 radical (unpaired) electrons. The molecule has 2 N–H and O–H groups in total.